The lowest BCUT2D eigenvalue weighted by Crippen LogP contribution is -2.30. The van der Waals surface area contributed by atoms with Crippen LogP contribution in [0.25, 0.3) is 11.1 Å². The van der Waals surface area contributed by atoms with Crippen LogP contribution >= 0.6 is 0 Å². The van der Waals surface area contributed by atoms with E-state index in [0.717, 1.165) is 22.3 Å². The van der Waals surface area contributed by atoms with Gasteiger partial charge in [0.1, 0.15) is 6.61 Å². The summed E-state index contributed by atoms with van der Waals surface area (Å²) in [5.41, 5.74) is 5.72. The first-order valence-corrected chi connectivity index (χ1v) is 9.74. The summed E-state index contributed by atoms with van der Waals surface area (Å²) < 4.78 is 75.7. The fourth-order valence-electron chi connectivity index (χ4n) is 3.60. The van der Waals surface area contributed by atoms with E-state index >= 15 is 0 Å². The van der Waals surface area contributed by atoms with Gasteiger partial charge in [0.05, 0.1) is 0 Å². The van der Waals surface area contributed by atoms with Crippen LogP contribution in [0.3, 0.4) is 0 Å². The molecule has 1 amide bonds. The molecule has 0 saturated carbocycles. The van der Waals surface area contributed by atoms with Gasteiger partial charge in [-0.3, -0.25) is 4.84 Å². The number of hydrogen-bond donors (Lipinski definition) is 1. The third-order valence-corrected chi connectivity index (χ3v) is 5.07. The van der Waals surface area contributed by atoms with Gasteiger partial charge in [-0.05, 0) is 22.3 Å². The monoisotopic (exact) mass is 479 g/mol. The number of amides is 1. The predicted octanol–water partition coefficient (Wildman–Crippen LogP) is 4.76. The molecule has 0 atom stereocenters. The quantitative estimate of drug-likeness (QED) is 0.138. The van der Waals surface area contributed by atoms with Crippen molar-refractivity contribution >= 4 is 12.1 Å². The molecule has 176 valence electrons. The van der Waals surface area contributed by atoms with Gasteiger partial charge in [-0.25, -0.2) is 22.8 Å². The van der Waals surface area contributed by atoms with E-state index in [0.29, 0.717) is 0 Å². The average Bonchev–Trinajstić information content (AvgIpc) is 3.16. The fraction of sp³-hybridized carbons (Fsp3) is 0.130. The maximum atomic E-state index is 13.5. The first-order chi connectivity index (χ1) is 16.3. The van der Waals surface area contributed by atoms with E-state index in [2.05, 4.69) is 9.57 Å². The Hall–Kier alpha value is -3.99. The predicted molar refractivity (Wildman–Crippen MR) is 106 cm³/mol. The highest BCUT2D eigenvalue weighted by Crippen LogP contribution is 2.44. The van der Waals surface area contributed by atoms with Gasteiger partial charge in [0.15, 0.2) is 6.61 Å². The number of carbonyl (C=O) groups excluding carboxylic acids is 2. The van der Waals surface area contributed by atoms with Crippen molar-refractivity contribution in [2.45, 2.75) is 5.92 Å². The van der Waals surface area contributed by atoms with E-state index in [-0.39, 0.29) is 12.5 Å². The van der Waals surface area contributed by atoms with Crippen LogP contribution in [0.5, 0.6) is 5.75 Å². The molecule has 1 aliphatic rings. The van der Waals surface area contributed by atoms with E-state index in [1.54, 1.807) is 5.48 Å². The Morgan fingerprint density at radius 2 is 1.26 bits per heavy atom. The Balaban J connectivity index is 1.30. The Kier molecular flexibility index (Phi) is 6.46. The zero-order chi connectivity index (χ0) is 24.4. The molecule has 0 spiro atoms. The summed E-state index contributed by atoms with van der Waals surface area (Å²) in [4.78, 5) is 28.1. The van der Waals surface area contributed by atoms with Crippen LogP contribution in [0.4, 0.5) is 26.7 Å². The minimum absolute atomic E-state index is 0.0573. The Morgan fingerprint density at radius 1 is 0.765 bits per heavy atom. The first-order valence-electron chi connectivity index (χ1n) is 9.74. The van der Waals surface area contributed by atoms with Gasteiger partial charge in [0.2, 0.25) is 34.8 Å². The average molecular weight is 479 g/mol. The van der Waals surface area contributed by atoms with Crippen molar-refractivity contribution in [3.8, 4) is 16.9 Å². The number of nitrogens with one attached hydrogen (secondary N) is 1. The molecule has 0 heterocycles. The largest absolute Gasteiger partial charge is 0.447 e. The summed E-state index contributed by atoms with van der Waals surface area (Å²) in [6, 6.07) is 15.2. The Bertz CT molecular complexity index is 1210. The van der Waals surface area contributed by atoms with Crippen molar-refractivity contribution < 1.29 is 45.9 Å². The molecule has 34 heavy (non-hydrogen) atoms. The Labute approximate surface area is 188 Å². The summed E-state index contributed by atoms with van der Waals surface area (Å²) in [5, 5.41) is 0. The summed E-state index contributed by atoms with van der Waals surface area (Å²) >= 11 is 0. The molecule has 0 saturated heterocycles. The first kappa shape index (κ1) is 23.2. The molecule has 0 bridgehead atoms. The number of rotatable bonds is 6. The highest BCUT2D eigenvalue weighted by molar-refractivity contribution is 5.79. The summed E-state index contributed by atoms with van der Waals surface area (Å²) in [6.07, 6.45) is -1.08. The van der Waals surface area contributed by atoms with E-state index in [9.17, 15) is 31.5 Å². The van der Waals surface area contributed by atoms with Crippen molar-refractivity contribution in [1.82, 2.24) is 5.48 Å². The van der Waals surface area contributed by atoms with Crippen molar-refractivity contribution in [2.24, 2.45) is 0 Å². The highest BCUT2D eigenvalue weighted by atomic mass is 19.2. The van der Waals surface area contributed by atoms with Gasteiger partial charge >= 0.3 is 12.1 Å². The molecule has 0 aromatic heterocycles. The summed E-state index contributed by atoms with van der Waals surface area (Å²) in [6.45, 7) is -1.16. The van der Waals surface area contributed by atoms with Gasteiger partial charge in [0, 0.05) is 5.92 Å². The molecular formula is C23H14F5NO5. The lowest BCUT2D eigenvalue weighted by molar-refractivity contribution is -0.142. The molecule has 3 aromatic carbocycles. The lowest BCUT2D eigenvalue weighted by atomic mass is 9.98. The van der Waals surface area contributed by atoms with Crippen LogP contribution in [0, 0.1) is 29.1 Å². The van der Waals surface area contributed by atoms with Crippen LogP contribution in [0.2, 0.25) is 0 Å². The van der Waals surface area contributed by atoms with Crippen molar-refractivity contribution in [3.63, 3.8) is 0 Å². The van der Waals surface area contributed by atoms with Crippen LogP contribution in [-0.4, -0.2) is 25.3 Å². The molecule has 0 unspecified atom stereocenters. The molecule has 11 heteroatoms. The number of esters is 1. The molecule has 1 N–H and O–H groups in total. The number of carbonyl (C=O) groups is 2. The topological polar surface area (TPSA) is 73.9 Å². The van der Waals surface area contributed by atoms with Gasteiger partial charge in [-0.2, -0.15) is 14.3 Å². The Morgan fingerprint density at radius 3 is 1.82 bits per heavy atom. The van der Waals surface area contributed by atoms with E-state index in [1.165, 1.54) is 0 Å². The zero-order valence-electron chi connectivity index (χ0n) is 17.0. The molecule has 1 aliphatic carbocycles. The molecule has 4 rings (SSSR count). The van der Waals surface area contributed by atoms with E-state index in [1.807, 2.05) is 48.5 Å². The molecule has 0 aliphatic heterocycles. The number of benzene rings is 3. The third kappa shape index (κ3) is 4.29. The van der Waals surface area contributed by atoms with Crippen LogP contribution in [0.1, 0.15) is 17.0 Å². The summed E-state index contributed by atoms with van der Waals surface area (Å²) in [5.74, 6) is -15.2. The van der Waals surface area contributed by atoms with Gasteiger partial charge in [-0.15, -0.1) is 0 Å². The van der Waals surface area contributed by atoms with Crippen molar-refractivity contribution in [1.29, 1.82) is 0 Å². The number of fused-ring (bicyclic) bond motifs is 3. The molecule has 0 radical (unpaired) electrons. The smallest absolute Gasteiger partial charge is 0.431 e. The molecule has 3 aromatic rings. The lowest BCUT2D eigenvalue weighted by Gasteiger charge is -2.14. The van der Waals surface area contributed by atoms with Gasteiger partial charge < -0.3 is 9.47 Å². The van der Waals surface area contributed by atoms with Crippen LogP contribution in [-0.2, 0) is 14.4 Å². The SMILES string of the molecule is O=C(CONC(=O)OCC1c2ccccc2-c2ccccc21)Oc1c(F)c(F)c(F)c(F)c1F. The minimum Gasteiger partial charge on any atom is -0.447 e. The van der Waals surface area contributed by atoms with E-state index in [4.69, 9.17) is 4.74 Å². The number of halogens is 5. The van der Waals surface area contributed by atoms with Crippen molar-refractivity contribution in [2.75, 3.05) is 13.2 Å². The number of ether oxygens (including phenoxy) is 2. The van der Waals surface area contributed by atoms with Crippen LogP contribution < -0.4 is 10.2 Å². The molecular weight excluding hydrogens is 465 g/mol. The van der Waals surface area contributed by atoms with Gasteiger partial charge in [0.25, 0.3) is 0 Å². The second-order valence-electron chi connectivity index (χ2n) is 7.09. The molecule has 0 fully saturated rings. The standard InChI is InChI=1S/C23H14F5NO5/c24-17-18(25)20(27)22(21(28)19(17)26)34-16(30)10-33-29-23(31)32-9-15-13-7-3-1-5-11(13)12-6-2-4-8-14(12)15/h1-8,15H,9-10H2,(H,29,31). The van der Waals surface area contributed by atoms with Crippen LogP contribution in [0.15, 0.2) is 48.5 Å². The number of hydroxylamine groups is 1. The zero-order valence-corrected chi connectivity index (χ0v) is 17.0. The van der Waals surface area contributed by atoms with Crippen molar-refractivity contribution in [3.05, 3.63) is 88.7 Å². The maximum absolute atomic E-state index is 13.5. The highest BCUT2D eigenvalue weighted by Gasteiger charge is 2.30. The maximum Gasteiger partial charge on any atom is 0.431 e. The normalized spacial score (nSPS) is 12.1. The second-order valence-corrected chi connectivity index (χ2v) is 7.09. The van der Waals surface area contributed by atoms with Gasteiger partial charge in [-0.1, -0.05) is 48.5 Å². The molecule has 6 nitrogen and oxygen atoms in total. The second kappa shape index (κ2) is 9.48. The fourth-order valence-corrected chi connectivity index (χ4v) is 3.60. The van der Waals surface area contributed by atoms with E-state index < -0.39 is 53.5 Å². The summed E-state index contributed by atoms with van der Waals surface area (Å²) in [7, 11) is 0. The number of hydrogen-bond acceptors (Lipinski definition) is 5. The minimum atomic E-state index is -2.40. The third-order valence-electron chi connectivity index (χ3n) is 5.07.